The Morgan fingerprint density at radius 3 is 2.64 bits per heavy atom. The summed E-state index contributed by atoms with van der Waals surface area (Å²) in [7, 11) is 0. The average molecular weight is 451 g/mol. The Bertz CT molecular complexity index is 1140. The molecule has 0 amide bonds. The zero-order valence-corrected chi connectivity index (χ0v) is 19.0. The first-order valence-corrected chi connectivity index (χ1v) is 11.5. The van der Waals surface area contributed by atoms with Gasteiger partial charge in [0, 0.05) is 42.1 Å². The molecule has 4 rings (SSSR count). The van der Waals surface area contributed by atoms with Crippen molar-refractivity contribution in [2.24, 2.45) is 5.92 Å². The Morgan fingerprint density at radius 1 is 1.15 bits per heavy atom. The molecule has 0 aliphatic heterocycles. The minimum absolute atomic E-state index is 0.127. The topological polar surface area (TPSA) is 122 Å². The molecule has 0 radical (unpaired) electrons. The zero-order valence-electron chi connectivity index (χ0n) is 19.0. The summed E-state index contributed by atoms with van der Waals surface area (Å²) in [6, 6.07) is 6.05. The zero-order chi connectivity index (χ0) is 23.2. The molecule has 9 nitrogen and oxygen atoms in total. The van der Waals surface area contributed by atoms with E-state index >= 15 is 0 Å². The summed E-state index contributed by atoms with van der Waals surface area (Å²) in [5.74, 6) is 1.58. The van der Waals surface area contributed by atoms with Gasteiger partial charge in [-0.2, -0.15) is 0 Å². The quantitative estimate of drug-likeness (QED) is 0.447. The first kappa shape index (κ1) is 22.7. The van der Waals surface area contributed by atoms with Crippen LogP contribution >= 0.6 is 0 Å². The lowest BCUT2D eigenvalue weighted by Gasteiger charge is -2.29. The van der Waals surface area contributed by atoms with Gasteiger partial charge in [-0.15, -0.1) is 0 Å². The summed E-state index contributed by atoms with van der Waals surface area (Å²) in [4.78, 5) is 39.5. The molecule has 0 bridgehead atoms. The van der Waals surface area contributed by atoms with Crippen LogP contribution in [-0.2, 0) is 16.0 Å². The SMILES string of the molecule is CC(C)OC(=O)Cc1cnc(NCC2CCC(Nc3ccc4cc[nH]c(=O)c4n3)CC2)nc1. The molecule has 1 aliphatic rings. The molecular formula is C24H30N6O3. The number of ether oxygens (including phenoxy) is 1. The lowest BCUT2D eigenvalue weighted by Crippen LogP contribution is -2.29. The maximum absolute atomic E-state index is 12.0. The van der Waals surface area contributed by atoms with Crippen LogP contribution in [0.2, 0.25) is 0 Å². The fourth-order valence-corrected chi connectivity index (χ4v) is 4.11. The summed E-state index contributed by atoms with van der Waals surface area (Å²) in [5.41, 5.74) is 1.03. The van der Waals surface area contributed by atoms with Gasteiger partial charge in [0.2, 0.25) is 5.95 Å². The summed E-state index contributed by atoms with van der Waals surface area (Å²) in [6.07, 6.45) is 9.25. The van der Waals surface area contributed by atoms with E-state index < -0.39 is 0 Å². The van der Waals surface area contributed by atoms with Crippen molar-refractivity contribution in [3.05, 3.63) is 52.7 Å². The number of anilines is 2. The molecule has 1 fully saturated rings. The number of H-pyrrole nitrogens is 1. The number of rotatable bonds is 8. The largest absolute Gasteiger partial charge is 0.463 e. The number of aromatic nitrogens is 4. The van der Waals surface area contributed by atoms with Crippen molar-refractivity contribution >= 4 is 28.6 Å². The van der Waals surface area contributed by atoms with Gasteiger partial charge in [0.15, 0.2) is 0 Å². The van der Waals surface area contributed by atoms with E-state index in [4.69, 9.17) is 4.74 Å². The highest BCUT2D eigenvalue weighted by Gasteiger charge is 2.21. The lowest BCUT2D eigenvalue weighted by atomic mass is 9.86. The third-order valence-corrected chi connectivity index (χ3v) is 5.79. The third-order valence-electron chi connectivity index (χ3n) is 5.79. The Labute approximate surface area is 192 Å². The second-order valence-electron chi connectivity index (χ2n) is 8.81. The van der Waals surface area contributed by atoms with Crippen LogP contribution in [0.3, 0.4) is 0 Å². The summed E-state index contributed by atoms with van der Waals surface area (Å²) >= 11 is 0. The van der Waals surface area contributed by atoms with Crippen LogP contribution in [0.15, 0.2) is 41.6 Å². The minimum Gasteiger partial charge on any atom is -0.463 e. The number of hydrogen-bond donors (Lipinski definition) is 3. The van der Waals surface area contributed by atoms with Gasteiger partial charge in [0.05, 0.1) is 12.5 Å². The van der Waals surface area contributed by atoms with Gasteiger partial charge in [0.25, 0.3) is 5.56 Å². The molecule has 3 aromatic rings. The molecule has 0 unspecified atom stereocenters. The normalized spacial score (nSPS) is 18.3. The van der Waals surface area contributed by atoms with Crippen molar-refractivity contribution in [1.29, 1.82) is 0 Å². The summed E-state index contributed by atoms with van der Waals surface area (Å²) in [6.45, 7) is 4.46. The molecule has 9 heteroatoms. The number of carbonyl (C=O) groups excluding carboxylic acids is 1. The molecule has 3 N–H and O–H groups in total. The molecular weight excluding hydrogens is 420 g/mol. The standard InChI is InChI=1S/C24H30N6O3/c1-15(2)33-21(31)11-17-13-27-24(28-14-17)26-12-16-3-6-19(7-4-16)29-20-8-5-18-9-10-25-23(32)22(18)30-20/h5,8-10,13-16,19H,3-4,6-7,11-12H2,1-2H3,(H,25,32)(H,29,30)(H,26,27,28). The summed E-state index contributed by atoms with van der Waals surface area (Å²) in [5, 5.41) is 7.63. The van der Waals surface area contributed by atoms with Crippen molar-refractivity contribution in [2.75, 3.05) is 17.2 Å². The summed E-state index contributed by atoms with van der Waals surface area (Å²) < 4.78 is 5.15. The molecule has 0 aromatic carbocycles. The van der Waals surface area contributed by atoms with Crippen molar-refractivity contribution < 1.29 is 9.53 Å². The fourth-order valence-electron chi connectivity index (χ4n) is 4.11. The van der Waals surface area contributed by atoms with Crippen LogP contribution < -0.4 is 16.2 Å². The van der Waals surface area contributed by atoms with Crippen LogP contribution in [0.5, 0.6) is 0 Å². The number of pyridine rings is 2. The van der Waals surface area contributed by atoms with E-state index in [1.807, 2.05) is 32.0 Å². The maximum atomic E-state index is 12.0. The smallest absolute Gasteiger partial charge is 0.310 e. The number of nitrogens with zero attached hydrogens (tertiary/aromatic N) is 3. The lowest BCUT2D eigenvalue weighted by molar-refractivity contribution is -0.146. The van der Waals surface area contributed by atoms with E-state index in [9.17, 15) is 9.59 Å². The van der Waals surface area contributed by atoms with Gasteiger partial charge in [-0.1, -0.05) is 0 Å². The Balaban J connectivity index is 1.22. The molecule has 3 heterocycles. The van der Waals surface area contributed by atoms with Crippen molar-refractivity contribution in [3.8, 4) is 0 Å². The number of aromatic amines is 1. The molecule has 1 saturated carbocycles. The van der Waals surface area contributed by atoms with Crippen LogP contribution in [-0.4, -0.2) is 44.6 Å². The van der Waals surface area contributed by atoms with Gasteiger partial charge in [-0.3, -0.25) is 9.59 Å². The monoisotopic (exact) mass is 450 g/mol. The van der Waals surface area contributed by atoms with Crippen molar-refractivity contribution in [1.82, 2.24) is 19.9 Å². The molecule has 1 aliphatic carbocycles. The van der Waals surface area contributed by atoms with E-state index in [0.717, 1.165) is 49.0 Å². The van der Waals surface area contributed by atoms with Crippen LogP contribution in [0.1, 0.15) is 45.1 Å². The van der Waals surface area contributed by atoms with Gasteiger partial charge < -0.3 is 20.4 Å². The van der Waals surface area contributed by atoms with E-state index in [1.54, 1.807) is 18.6 Å². The second kappa shape index (κ2) is 10.4. The number of carbonyl (C=O) groups is 1. The van der Waals surface area contributed by atoms with E-state index in [-0.39, 0.29) is 24.1 Å². The number of hydrogen-bond acceptors (Lipinski definition) is 8. The molecule has 0 spiro atoms. The Kier molecular flexibility index (Phi) is 7.16. The highest BCUT2D eigenvalue weighted by atomic mass is 16.5. The van der Waals surface area contributed by atoms with Gasteiger partial charge >= 0.3 is 5.97 Å². The van der Waals surface area contributed by atoms with Crippen molar-refractivity contribution in [2.45, 2.75) is 58.1 Å². The first-order valence-electron chi connectivity index (χ1n) is 11.5. The highest BCUT2D eigenvalue weighted by Crippen LogP contribution is 2.26. The average Bonchev–Trinajstić information content (AvgIpc) is 2.79. The second-order valence-corrected chi connectivity index (χ2v) is 8.81. The molecule has 33 heavy (non-hydrogen) atoms. The van der Waals surface area contributed by atoms with E-state index in [0.29, 0.717) is 23.4 Å². The van der Waals surface area contributed by atoms with Gasteiger partial charge in [0.1, 0.15) is 11.3 Å². The molecule has 0 saturated heterocycles. The third kappa shape index (κ3) is 6.27. The first-order chi connectivity index (χ1) is 16.0. The molecule has 0 atom stereocenters. The predicted molar refractivity (Wildman–Crippen MR) is 127 cm³/mol. The van der Waals surface area contributed by atoms with Crippen LogP contribution in [0.25, 0.3) is 10.9 Å². The Morgan fingerprint density at radius 2 is 1.91 bits per heavy atom. The Hall–Kier alpha value is -3.49. The van der Waals surface area contributed by atoms with Crippen LogP contribution in [0.4, 0.5) is 11.8 Å². The fraction of sp³-hybridized carbons (Fsp3) is 0.458. The number of nitrogens with one attached hydrogen (secondary N) is 3. The van der Waals surface area contributed by atoms with E-state index in [1.165, 1.54) is 0 Å². The molecule has 3 aromatic heterocycles. The van der Waals surface area contributed by atoms with Gasteiger partial charge in [-0.25, -0.2) is 15.0 Å². The highest BCUT2D eigenvalue weighted by molar-refractivity contribution is 5.79. The number of fused-ring (bicyclic) bond motifs is 1. The maximum Gasteiger partial charge on any atom is 0.310 e. The van der Waals surface area contributed by atoms with Crippen LogP contribution in [0, 0.1) is 5.92 Å². The van der Waals surface area contributed by atoms with Gasteiger partial charge in [-0.05, 0) is 63.6 Å². The molecule has 174 valence electrons. The number of esters is 1. The minimum atomic E-state index is -0.273. The van der Waals surface area contributed by atoms with E-state index in [2.05, 4.69) is 30.6 Å². The van der Waals surface area contributed by atoms with Crippen molar-refractivity contribution in [3.63, 3.8) is 0 Å². The predicted octanol–water partition coefficient (Wildman–Crippen LogP) is 3.29.